The first-order valence-corrected chi connectivity index (χ1v) is 4.01. The van der Waals surface area contributed by atoms with Crippen LogP contribution in [0.4, 0.5) is 0 Å². The second kappa shape index (κ2) is 2.93. The molecule has 12 heavy (non-hydrogen) atoms. The molecule has 2 aliphatic rings. The fourth-order valence-corrected chi connectivity index (χ4v) is 1.90. The molecule has 2 aliphatic heterocycles. The Kier molecular flexibility index (Phi) is 2.05. The van der Waals surface area contributed by atoms with Crippen LogP contribution in [0.1, 0.15) is 0 Å². The Morgan fingerprint density at radius 2 is 2.33 bits per heavy atom. The summed E-state index contributed by atoms with van der Waals surface area (Å²) < 4.78 is 10.3. The van der Waals surface area contributed by atoms with Gasteiger partial charge in [-0.2, -0.15) is 0 Å². The van der Waals surface area contributed by atoms with Crippen molar-refractivity contribution in [3.8, 4) is 0 Å². The Labute approximate surface area is 70.3 Å². The van der Waals surface area contributed by atoms with E-state index in [4.69, 9.17) is 14.6 Å². The van der Waals surface area contributed by atoms with Crippen LogP contribution in [0.25, 0.3) is 0 Å². The number of nitrogens with one attached hydrogen (secondary N) is 1. The van der Waals surface area contributed by atoms with Crippen molar-refractivity contribution >= 4 is 0 Å². The van der Waals surface area contributed by atoms with Crippen LogP contribution in [0.2, 0.25) is 0 Å². The smallest absolute Gasteiger partial charge is 0.175 e. The molecule has 2 saturated heterocycles. The third-order valence-corrected chi connectivity index (χ3v) is 2.52. The van der Waals surface area contributed by atoms with Gasteiger partial charge in [-0.25, -0.2) is 0 Å². The average Bonchev–Trinajstić information content (AvgIpc) is 2.58. The average molecular weight is 175 g/mol. The minimum atomic E-state index is -0.563. The van der Waals surface area contributed by atoms with Crippen molar-refractivity contribution in [1.82, 2.24) is 5.32 Å². The number of ether oxygens (including phenoxy) is 2. The zero-order chi connectivity index (χ0) is 8.72. The van der Waals surface area contributed by atoms with Gasteiger partial charge in [0.15, 0.2) is 6.29 Å². The van der Waals surface area contributed by atoms with Crippen LogP contribution in [0.5, 0.6) is 0 Å². The Morgan fingerprint density at radius 3 is 2.75 bits per heavy atom. The van der Waals surface area contributed by atoms with E-state index in [1.807, 2.05) is 0 Å². The van der Waals surface area contributed by atoms with Gasteiger partial charge in [-0.3, -0.25) is 5.32 Å². The molecular weight excluding hydrogens is 162 g/mol. The zero-order valence-corrected chi connectivity index (χ0v) is 6.80. The number of aliphatic hydroxyl groups excluding tert-OH is 2. The first-order valence-electron chi connectivity index (χ1n) is 4.01. The quantitative estimate of drug-likeness (QED) is 0.455. The fraction of sp³-hybridized carbons (Fsp3) is 1.00. The molecule has 0 aromatic rings. The summed E-state index contributed by atoms with van der Waals surface area (Å²) in [6, 6.07) is -0.353. The summed E-state index contributed by atoms with van der Waals surface area (Å²) in [4.78, 5) is 0. The summed E-state index contributed by atoms with van der Waals surface area (Å²) in [5.74, 6) is 0. The molecule has 2 rings (SSSR count). The molecule has 0 aromatic heterocycles. The van der Waals surface area contributed by atoms with E-state index in [1.54, 1.807) is 0 Å². The highest BCUT2D eigenvalue weighted by Gasteiger charge is 2.54. The SMILES string of the molecule is CO[C@H]1O[C@H]2[C@H](O)[C@@H]1N[C@@H]2CO. The van der Waals surface area contributed by atoms with Gasteiger partial charge in [0, 0.05) is 7.11 Å². The molecule has 0 saturated carbocycles. The predicted molar refractivity (Wildman–Crippen MR) is 39.5 cm³/mol. The predicted octanol–water partition coefficient (Wildman–Crippen LogP) is -1.95. The molecule has 5 nitrogen and oxygen atoms in total. The van der Waals surface area contributed by atoms with Gasteiger partial charge in [0.2, 0.25) is 0 Å². The number of hydrogen-bond acceptors (Lipinski definition) is 5. The molecule has 0 amide bonds. The van der Waals surface area contributed by atoms with Crippen LogP contribution < -0.4 is 5.32 Å². The minimum Gasteiger partial charge on any atom is -0.395 e. The molecule has 70 valence electrons. The summed E-state index contributed by atoms with van der Waals surface area (Å²) in [7, 11) is 1.54. The Balaban J connectivity index is 2.07. The molecule has 2 fully saturated rings. The number of fused-ring (bicyclic) bond motifs is 2. The number of aliphatic hydroxyl groups is 2. The van der Waals surface area contributed by atoms with E-state index in [9.17, 15) is 5.11 Å². The van der Waals surface area contributed by atoms with Crippen molar-refractivity contribution < 1.29 is 19.7 Å². The number of morpholine rings is 1. The van der Waals surface area contributed by atoms with Crippen molar-refractivity contribution in [1.29, 1.82) is 0 Å². The molecule has 0 spiro atoms. The van der Waals surface area contributed by atoms with E-state index in [-0.39, 0.29) is 31.1 Å². The summed E-state index contributed by atoms with van der Waals surface area (Å²) >= 11 is 0. The van der Waals surface area contributed by atoms with Crippen LogP contribution in [-0.4, -0.2) is 54.5 Å². The van der Waals surface area contributed by atoms with Crippen LogP contribution in [-0.2, 0) is 9.47 Å². The molecule has 0 unspecified atom stereocenters. The van der Waals surface area contributed by atoms with E-state index in [0.29, 0.717) is 0 Å². The molecule has 5 atom stereocenters. The van der Waals surface area contributed by atoms with E-state index in [0.717, 1.165) is 0 Å². The Bertz CT molecular complexity index is 159. The lowest BCUT2D eigenvalue weighted by Gasteiger charge is -2.26. The lowest BCUT2D eigenvalue weighted by Crippen LogP contribution is -2.48. The third kappa shape index (κ3) is 0.982. The molecule has 0 aliphatic carbocycles. The van der Waals surface area contributed by atoms with Gasteiger partial charge in [-0.1, -0.05) is 0 Å². The largest absolute Gasteiger partial charge is 0.395 e. The van der Waals surface area contributed by atoms with Gasteiger partial charge < -0.3 is 19.7 Å². The van der Waals surface area contributed by atoms with Gasteiger partial charge >= 0.3 is 0 Å². The number of rotatable bonds is 2. The maximum Gasteiger partial charge on any atom is 0.175 e. The van der Waals surface area contributed by atoms with Crippen molar-refractivity contribution in [3.63, 3.8) is 0 Å². The second-order valence-corrected chi connectivity index (χ2v) is 3.18. The zero-order valence-electron chi connectivity index (χ0n) is 6.80. The summed E-state index contributed by atoms with van der Waals surface area (Å²) in [5, 5.41) is 21.5. The first-order chi connectivity index (χ1) is 5.77. The number of hydrogen-bond donors (Lipinski definition) is 3. The molecular formula is C7H13NO4. The molecule has 0 aromatic carbocycles. The number of methoxy groups -OCH3 is 1. The van der Waals surface area contributed by atoms with Gasteiger partial charge in [0.05, 0.1) is 18.7 Å². The van der Waals surface area contributed by atoms with Crippen molar-refractivity contribution in [3.05, 3.63) is 0 Å². The normalized spacial score (nSPS) is 51.8. The molecule has 0 radical (unpaired) electrons. The van der Waals surface area contributed by atoms with Gasteiger partial charge in [0.25, 0.3) is 0 Å². The van der Waals surface area contributed by atoms with E-state index >= 15 is 0 Å². The highest BCUT2D eigenvalue weighted by molar-refractivity contribution is 5.05. The van der Waals surface area contributed by atoms with E-state index < -0.39 is 6.10 Å². The van der Waals surface area contributed by atoms with E-state index in [2.05, 4.69) is 5.32 Å². The fourth-order valence-electron chi connectivity index (χ4n) is 1.90. The minimum absolute atomic E-state index is 0.0192. The van der Waals surface area contributed by atoms with Gasteiger partial charge in [-0.05, 0) is 0 Å². The molecule has 2 bridgehead atoms. The molecule has 5 heteroatoms. The standard InChI is InChI=1S/C7H13NO4/c1-11-7-4-5(10)6(12-7)3(2-9)8-4/h3-10H,2H2,1H3/t3-,4+,5-,6-,7+/m1/s1. The lowest BCUT2D eigenvalue weighted by molar-refractivity contribution is -0.154. The second-order valence-electron chi connectivity index (χ2n) is 3.18. The summed E-state index contributed by atoms with van der Waals surface area (Å²) in [6.07, 6.45) is -1.27. The van der Waals surface area contributed by atoms with Crippen molar-refractivity contribution in [2.45, 2.75) is 30.6 Å². The molecule has 2 heterocycles. The first kappa shape index (κ1) is 8.40. The highest BCUT2D eigenvalue weighted by atomic mass is 16.7. The molecule has 3 N–H and O–H groups in total. The Hall–Kier alpha value is -0.200. The maximum atomic E-state index is 9.55. The maximum absolute atomic E-state index is 9.55. The van der Waals surface area contributed by atoms with Crippen LogP contribution in [0, 0.1) is 0 Å². The van der Waals surface area contributed by atoms with E-state index in [1.165, 1.54) is 7.11 Å². The van der Waals surface area contributed by atoms with Crippen LogP contribution >= 0.6 is 0 Å². The van der Waals surface area contributed by atoms with Crippen molar-refractivity contribution in [2.24, 2.45) is 0 Å². The lowest BCUT2D eigenvalue weighted by atomic mass is 10.1. The Morgan fingerprint density at radius 1 is 1.58 bits per heavy atom. The summed E-state index contributed by atoms with van der Waals surface area (Å²) in [6.45, 7) is -0.0192. The third-order valence-electron chi connectivity index (χ3n) is 2.52. The summed E-state index contributed by atoms with van der Waals surface area (Å²) in [5.41, 5.74) is 0. The monoisotopic (exact) mass is 175 g/mol. The van der Waals surface area contributed by atoms with Gasteiger partial charge in [-0.15, -0.1) is 0 Å². The van der Waals surface area contributed by atoms with Crippen molar-refractivity contribution in [2.75, 3.05) is 13.7 Å². The van der Waals surface area contributed by atoms with Crippen LogP contribution in [0.15, 0.2) is 0 Å². The van der Waals surface area contributed by atoms with Crippen LogP contribution in [0.3, 0.4) is 0 Å². The highest BCUT2D eigenvalue weighted by Crippen LogP contribution is 2.30. The topological polar surface area (TPSA) is 71.0 Å². The van der Waals surface area contributed by atoms with Gasteiger partial charge in [0.1, 0.15) is 12.2 Å².